The maximum absolute atomic E-state index is 2.94. The molecule has 2 saturated heterocycles. The van der Waals surface area contributed by atoms with Crippen LogP contribution in [-0.4, -0.2) is 48.6 Å². The molecule has 4 heterocycles. The van der Waals surface area contributed by atoms with Crippen LogP contribution in [0.5, 0.6) is 0 Å². The van der Waals surface area contributed by atoms with Crippen molar-refractivity contribution in [1.29, 1.82) is 0 Å². The molecule has 1 spiro atoms. The molecular formula is C30H44N2. The Balaban J connectivity index is 1.44. The summed E-state index contributed by atoms with van der Waals surface area (Å²) in [5.41, 5.74) is 2.24. The van der Waals surface area contributed by atoms with Crippen LogP contribution in [0.1, 0.15) is 70.6 Å². The summed E-state index contributed by atoms with van der Waals surface area (Å²) < 4.78 is 0. The third-order valence-corrected chi connectivity index (χ3v) is 8.91. The van der Waals surface area contributed by atoms with E-state index < -0.39 is 0 Å². The van der Waals surface area contributed by atoms with Gasteiger partial charge in [0.25, 0.3) is 0 Å². The summed E-state index contributed by atoms with van der Waals surface area (Å²) in [6.45, 7) is 6.49. The number of allylic oxidation sites excluding steroid dienone is 8. The van der Waals surface area contributed by atoms with E-state index in [9.17, 15) is 0 Å². The smallest absolute Gasteiger partial charge is 0.0310 e. The molecule has 32 heavy (non-hydrogen) atoms. The van der Waals surface area contributed by atoms with Gasteiger partial charge < -0.3 is 4.90 Å². The lowest BCUT2D eigenvalue weighted by Gasteiger charge is -2.62. The van der Waals surface area contributed by atoms with Crippen molar-refractivity contribution < 1.29 is 0 Å². The summed E-state index contributed by atoms with van der Waals surface area (Å²) in [5.74, 6) is 1.77. The molecule has 4 bridgehead atoms. The van der Waals surface area contributed by atoms with Crippen LogP contribution in [0.3, 0.4) is 0 Å². The summed E-state index contributed by atoms with van der Waals surface area (Å²) in [6.07, 6.45) is 35.9. The first-order valence-electron chi connectivity index (χ1n) is 13.6. The summed E-state index contributed by atoms with van der Waals surface area (Å²) in [7, 11) is 0. The van der Waals surface area contributed by atoms with E-state index in [-0.39, 0.29) is 0 Å². The Morgan fingerprint density at radius 2 is 1.56 bits per heavy atom. The van der Waals surface area contributed by atoms with Gasteiger partial charge in [-0.05, 0) is 89.0 Å². The van der Waals surface area contributed by atoms with E-state index in [1.165, 1.54) is 90.5 Å². The Labute approximate surface area is 196 Å². The molecule has 4 aliphatic heterocycles. The lowest BCUT2D eigenvalue weighted by atomic mass is 9.55. The predicted molar refractivity (Wildman–Crippen MR) is 137 cm³/mol. The summed E-state index contributed by atoms with van der Waals surface area (Å²) in [4.78, 5) is 5.80. The zero-order valence-electron chi connectivity index (χ0n) is 20.1. The Kier molecular flexibility index (Phi) is 7.49. The molecule has 0 aromatic heterocycles. The van der Waals surface area contributed by atoms with E-state index in [1.54, 1.807) is 5.57 Å². The van der Waals surface area contributed by atoms with Crippen molar-refractivity contribution in [1.82, 2.24) is 9.80 Å². The molecule has 1 aliphatic carbocycles. The van der Waals surface area contributed by atoms with Crippen molar-refractivity contribution in [3.63, 3.8) is 0 Å². The van der Waals surface area contributed by atoms with E-state index in [0.29, 0.717) is 5.41 Å². The highest BCUT2D eigenvalue weighted by molar-refractivity contribution is 5.24. The minimum atomic E-state index is 0.458. The second kappa shape index (κ2) is 10.7. The largest absolute Gasteiger partial charge is 0.302 e. The average Bonchev–Trinajstić information content (AvgIpc) is 2.84. The first kappa shape index (κ1) is 22.4. The molecule has 5 aliphatic rings. The van der Waals surface area contributed by atoms with Gasteiger partial charge in [-0.1, -0.05) is 60.3 Å². The molecule has 2 nitrogen and oxygen atoms in total. The van der Waals surface area contributed by atoms with Gasteiger partial charge in [-0.2, -0.15) is 0 Å². The maximum Gasteiger partial charge on any atom is 0.0310 e. The van der Waals surface area contributed by atoms with Crippen molar-refractivity contribution in [2.24, 2.45) is 17.3 Å². The van der Waals surface area contributed by atoms with Gasteiger partial charge >= 0.3 is 0 Å². The monoisotopic (exact) mass is 432 g/mol. The van der Waals surface area contributed by atoms with Crippen molar-refractivity contribution in [2.75, 3.05) is 32.7 Å². The highest BCUT2D eigenvalue weighted by atomic mass is 15.2. The summed E-state index contributed by atoms with van der Waals surface area (Å²) in [5, 5.41) is 0. The fraction of sp³-hybridized carbons (Fsp3) is 0.667. The van der Waals surface area contributed by atoms with E-state index in [4.69, 9.17) is 0 Å². The number of fused-ring (bicyclic) bond motifs is 1. The van der Waals surface area contributed by atoms with Crippen LogP contribution >= 0.6 is 0 Å². The van der Waals surface area contributed by atoms with Gasteiger partial charge in [0, 0.05) is 37.6 Å². The zero-order valence-corrected chi connectivity index (χ0v) is 20.1. The van der Waals surface area contributed by atoms with Crippen molar-refractivity contribution >= 4 is 0 Å². The second-order valence-corrected chi connectivity index (χ2v) is 11.1. The first-order valence-corrected chi connectivity index (χ1v) is 13.6. The maximum atomic E-state index is 2.94. The van der Waals surface area contributed by atoms with Gasteiger partial charge in [0.1, 0.15) is 0 Å². The predicted octanol–water partition coefficient (Wildman–Crippen LogP) is 6.69. The average molecular weight is 433 g/mol. The number of piperidine rings is 2. The highest BCUT2D eigenvalue weighted by Gasteiger charge is 2.55. The Morgan fingerprint density at radius 1 is 0.750 bits per heavy atom. The molecular weight excluding hydrogens is 388 g/mol. The standard InChI is InChI=1S/C30H44N2/c1-2-4-7-11-15-19-31-23-27-21-26-17-13-9-5-8-12-16-20-32-25-30(24-31,18-14-10-6-3-1)28(27)22-29(26)32/h1-2,5,7,9-11,14,17,27-29H,3-4,6,8,12-13,15-16,18-25H2/b2-1-,9-5-,11-7-,14-10+,26-17-/t27-,28-,29+,30+/m1/s1. The SMILES string of the molecule is C1=C\CC/C=C/C[C@]23CN(CC/C=C\C/1)C[C@H]1C/C4=C/C/C=C\CCCCN(C2)[C@H]4C[C@H]13. The van der Waals surface area contributed by atoms with Gasteiger partial charge in [0.15, 0.2) is 0 Å². The second-order valence-electron chi connectivity index (χ2n) is 11.1. The number of nitrogens with zero attached hydrogens (tertiary/aromatic N) is 2. The molecule has 1 saturated carbocycles. The molecule has 5 atom stereocenters. The third kappa shape index (κ3) is 5.07. The van der Waals surface area contributed by atoms with E-state index in [0.717, 1.165) is 30.7 Å². The fourth-order valence-corrected chi connectivity index (χ4v) is 7.44. The van der Waals surface area contributed by atoms with Gasteiger partial charge in [-0.15, -0.1) is 0 Å². The van der Waals surface area contributed by atoms with Crippen LogP contribution in [0, 0.1) is 17.3 Å². The molecule has 2 heteroatoms. The van der Waals surface area contributed by atoms with Crippen molar-refractivity contribution in [3.05, 3.63) is 60.3 Å². The van der Waals surface area contributed by atoms with Crippen LogP contribution in [0.2, 0.25) is 0 Å². The quantitative estimate of drug-likeness (QED) is 0.394. The van der Waals surface area contributed by atoms with Crippen LogP contribution in [0.25, 0.3) is 0 Å². The zero-order chi connectivity index (χ0) is 21.6. The molecule has 1 unspecified atom stereocenters. The summed E-state index contributed by atoms with van der Waals surface area (Å²) >= 11 is 0. The minimum Gasteiger partial charge on any atom is -0.302 e. The minimum absolute atomic E-state index is 0.458. The number of hydrogen-bond donors (Lipinski definition) is 0. The number of rotatable bonds is 0. The van der Waals surface area contributed by atoms with Crippen molar-refractivity contribution in [2.45, 2.75) is 76.7 Å². The van der Waals surface area contributed by atoms with Gasteiger partial charge in [0.2, 0.25) is 0 Å². The molecule has 0 amide bonds. The van der Waals surface area contributed by atoms with Crippen molar-refractivity contribution in [3.8, 4) is 0 Å². The molecule has 0 aromatic carbocycles. The van der Waals surface area contributed by atoms with Gasteiger partial charge in [-0.25, -0.2) is 0 Å². The lowest BCUT2D eigenvalue weighted by Crippen LogP contribution is -2.65. The fourth-order valence-electron chi connectivity index (χ4n) is 7.44. The Bertz CT molecular complexity index is 772. The van der Waals surface area contributed by atoms with Gasteiger partial charge in [-0.3, -0.25) is 4.90 Å². The molecule has 3 fully saturated rings. The third-order valence-electron chi connectivity index (χ3n) is 8.91. The van der Waals surface area contributed by atoms with Crippen LogP contribution in [0.15, 0.2) is 60.3 Å². The lowest BCUT2D eigenvalue weighted by molar-refractivity contribution is -0.102. The van der Waals surface area contributed by atoms with Crippen LogP contribution < -0.4 is 0 Å². The van der Waals surface area contributed by atoms with E-state index in [2.05, 4.69) is 64.5 Å². The first-order chi connectivity index (χ1) is 15.8. The Hall–Kier alpha value is -1.38. The molecule has 174 valence electrons. The summed E-state index contributed by atoms with van der Waals surface area (Å²) in [6, 6.07) is 0.730. The Morgan fingerprint density at radius 3 is 2.50 bits per heavy atom. The normalized spacial score (nSPS) is 44.4. The van der Waals surface area contributed by atoms with E-state index >= 15 is 0 Å². The molecule has 0 aromatic rings. The van der Waals surface area contributed by atoms with Crippen LogP contribution in [0.4, 0.5) is 0 Å². The topological polar surface area (TPSA) is 6.48 Å². The molecule has 5 rings (SSSR count). The molecule has 0 radical (unpaired) electrons. The number of hydrogen-bond acceptors (Lipinski definition) is 2. The van der Waals surface area contributed by atoms with E-state index in [1.807, 2.05) is 0 Å². The molecule has 0 N–H and O–H groups in total. The highest BCUT2D eigenvalue weighted by Crippen LogP contribution is 2.55. The van der Waals surface area contributed by atoms with Crippen LogP contribution in [-0.2, 0) is 0 Å². The van der Waals surface area contributed by atoms with Gasteiger partial charge in [0.05, 0.1) is 0 Å².